The Hall–Kier alpha value is -2.53. The van der Waals surface area contributed by atoms with Crippen LogP contribution in [0.5, 0.6) is 0 Å². The van der Waals surface area contributed by atoms with E-state index in [4.69, 9.17) is 0 Å². The van der Waals surface area contributed by atoms with Gasteiger partial charge in [-0.1, -0.05) is 30.3 Å². The minimum absolute atomic E-state index is 0.0271. The van der Waals surface area contributed by atoms with Gasteiger partial charge in [0, 0.05) is 24.0 Å². The molecule has 4 nitrogen and oxygen atoms in total. The van der Waals surface area contributed by atoms with E-state index in [-0.39, 0.29) is 30.3 Å². The third-order valence-electron chi connectivity index (χ3n) is 4.85. The first-order valence-corrected chi connectivity index (χ1v) is 9.06. The van der Waals surface area contributed by atoms with Crippen molar-refractivity contribution in [1.29, 1.82) is 0 Å². The van der Waals surface area contributed by atoms with Gasteiger partial charge in [-0.2, -0.15) is 0 Å². The molecule has 136 valence electrons. The van der Waals surface area contributed by atoms with E-state index >= 15 is 0 Å². The van der Waals surface area contributed by atoms with E-state index in [2.05, 4.69) is 12.1 Å². The van der Waals surface area contributed by atoms with Crippen LogP contribution in [-0.2, 0) is 11.3 Å². The van der Waals surface area contributed by atoms with Crippen molar-refractivity contribution in [3.8, 4) is 0 Å². The van der Waals surface area contributed by atoms with Crippen molar-refractivity contribution in [2.24, 2.45) is 0 Å². The van der Waals surface area contributed by atoms with Gasteiger partial charge in [0.1, 0.15) is 12.4 Å². The Morgan fingerprint density at radius 3 is 2.23 bits per heavy atom. The number of rotatable bonds is 6. The Morgan fingerprint density at radius 2 is 1.58 bits per heavy atom. The van der Waals surface area contributed by atoms with E-state index in [9.17, 15) is 14.0 Å². The summed E-state index contributed by atoms with van der Waals surface area (Å²) in [4.78, 5) is 27.8. The van der Waals surface area contributed by atoms with Crippen molar-refractivity contribution in [2.45, 2.75) is 19.4 Å². The Labute approximate surface area is 153 Å². The van der Waals surface area contributed by atoms with Crippen LogP contribution in [0.4, 0.5) is 4.39 Å². The number of carbonyl (C=O) groups excluding carboxylic acids is 2. The molecule has 5 heteroatoms. The monoisotopic (exact) mass is 355 g/mol. The summed E-state index contributed by atoms with van der Waals surface area (Å²) in [6.07, 6.45) is 0.381. The summed E-state index contributed by atoms with van der Waals surface area (Å²) in [5, 5.41) is 0. The molecule has 3 rings (SSSR count). The van der Waals surface area contributed by atoms with E-state index in [0.717, 1.165) is 32.7 Å². The number of halogens is 1. The van der Waals surface area contributed by atoms with Crippen LogP contribution in [-0.4, -0.2) is 42.8 Å². The second-order valence-electron chi connectivity index (χ2n) is 6.72. The predicted molar refractivity (Wildman–Crippen MR) is 97.4 cm³/mol. The molecule has 1 amide bonds. The fourth-order valence-electron chi connectivity index (χ4n) is 3.29. The van der Waals surface area contributed by atoms with Crippen LogP contribution in [0.2, 0.25) is 0 Å². The molecule has 1 aliphatic heterocycles. The third kappa shape index (κ3) is 4.99. The summed E-state index contributed by atoms with van der Waals surface area (Å²) < 4.78 is 12.9. The van der Waals surface area contributed by atoms with Gasteiger partial charge in [-0.3, -0.25) is 9.59 Å². The molecular weight excluding hydrogens is 331 g/mol. The Bertz CT molecular complexity index is 738. The smallest absolute Gasteiger partial charge is 0.223 e. The maximum absolute atomic E-state index is 12.9. The maximum atomic E-state index is 12.9. The van der Waals surface area contributed by atoms with Gasteiger partial charge in [0.2, 0.25) is 5.91 Å². The summed E-state index contributed by atoms with van der Waals surface area (Å²) in [6.45, 7) is 4.28. The molecule has 2 aromatic carbocycles. The van der Waals surface area contributed by atoms with Gasteiger partial charge in [-0.15, -0.1) is 0 Å². The van der Waals surface area contributed by atoms with Crippen molar-refractivity contribution in [2.75, 3.05) is 26.2 Å². The molecular formula is C21H24FN2O2+. The van der Waals surface area contributed by atoms with Gasteiger partial charge in [0.05, 0.1) is 26.2 Å². The number of piperazine rings is 1. The molecule has 0 atom stereocenters. The fraction of sp³-hybridized carbons (Fsp3) is 0.333. The lowest BCUT2D eigenvalue weighted by Crippen LogP contribution is -3.13. The SMILES string of the molecule is O=C(CCC(=O)N1CC[NH+](Cc2ccccc2)CC1)c1ccc(F)cc1. The van der Waals surface area contributed by atoms with E-state index in [0.29, 0.717) is 5.56 Å². The van der Waals surface area contributed by atoms with Crippen molar-refractivity contribution >= 4 is 11.7 Å². The highest BCUT2D eigenvalue weighted by molar-refractivity contribution is 5.97. The number of carbonyl (C=O) groups is 2. The van der Waals surface area contributed by atoms with Gasteiger partial charge < -0.3 is 9.80 Å². The molecule has 1 heterocycles. The zero-order valence-corrected chi connectivity index (χ0v) is 14.8. The van der Waals surface area contributed by atoms with Crippen molar-refractivity contribution < 1.29 is 18.9 Å². The molecule has 2 aromatic rings. The number of hydrogen-bond acceptors (Lipinski definition) is 2. The Morgan fingerprint density at radius 1 is 0.923 bits per heavy atom. The van der Waals surface area contributed by atoms with Gasteiger partial charge >= 0.3 is 0 Å². The first-order valence-electron chi connectivity index (χ1n) is 9.06. The summed E-state index contributed by atoms with van der Waals surface area (Å²) in [5.74, 6) is -0.459. The number of benzene rings is 2. The van der Waals surface area contributed by atoms with E-state index in [1.165, 1.54) is 34.7 Å². The lowest BCUT2D eigenvalue weighted by molar-refractivity contribution is -0.917. The summed E-state index contributed by atoms with van der Waals surface area (Å²) in [5.41, 5.74) is 1.77. The Kier molecular flexibility index (Phi) is 6.12. The number of nitrogens with zero attached hydrogens (tertiary/aromatic N) is 1. The average Bonchev–Trinajstić information content (AvgIpc) is 2.68. The second-order valence-corrected chi connectivity index (χ2v) is 6.72. The standard InChI is InChI=1S/C21H23FN2O2/c22-19-8-6-18(7-9-19)20(25)10-11-21(26)24-14-12-23(13-15-24)16-17-4-2-1-3-5-17/h1-9H,10-16H2/p+1. The normalized spacial score (nSPS) is 15.0. The first-order chi connectivity index (χ1) is 12.6. The van der Waals surface area contributed by atoms with Gasteiger partial charge in [0.25, 0.3) is 0 Å². The van der Waals surface area contributed by atoms with Crippen LogP contribution in [0.1, 0.15) is 28.8 Å². The first kappa shape index (κ1) is 18.3. The van der Waals surface area contributed by atoms with Crippen LogP contribution in [0.25, 0.3) is 0 Å². The number of quaternary nitrogens is 1. The van der Waals surface area contributed by atoms with Crippen molar-refractivity contribution in [1.82, 2.24) is 4.90 Å². The summed E-state index contributed by atoms with van der Waals surface area (Å²) >= 11 is 0. The van der Waals surface area contributed by atoms with E-state index in [1.54, 1.807) is 0 Å². The minimum atomic E-state index is -0.367. The zero-order chi connectivity index (χ0) is 18.4. The predicted octanol–water partition coefficient (Wildman–Crippen LogP) is 1.72. The zero-order valence-electron chi connectivity index (χ0n) is 14.8. The maximum Gasteiger partial charge on any atom is 0.223 e. The van der Waals surface area contributed by atoms with Crippen molar-refractivity contribution in [3.63, 3.8) is 0 Å². The third-order valence-corrected chi connectivity index (χ3v) is 4.85. The summed E-state index contributed by atoms with van der Waals surface area (Å²) in [7, 11) is 0. The van der Waals surface area contributed by atoms with Gasteiger partial charge in [0.15, 0.2) is 5.78 Å². The topological polar surface area (TPSA) is 41.8 Å². The van der Waals surface area contributed by atoms with Gasteiger partial charge in [-0.25, -0.2) is 4.39 Å². The minimum Gasteiger partial charge on any atom is -0.331 e. The molecule has 1 N–H and O–H groups in total. The van der Waals surface area contributed by atoms with Crippen LogP contribution in [0, 0.1) is 5.82 Å². The molecule has 0 unspecified atom stereocenters. The molecule has 0 saturated carbocycles. The van der Waals surface area contributed by atoms with Crippen LogP contribution >= 0.6 is 0 Å². The quantitative estimate of drug-likeness (QED) is 0.802. The lowest BCUT2D eigenvalue weighted by atomic mass is 10.1. The highest BCUT2D eigenvalue weighted by Gasteiger charge is 2.24. The fourth-order valence-corrected chi connectivity index (χ4v) is 3.29. The molecule has 0 bridgehead atoms. The largest absolute Gasteiger partial charge is 0.331 e. The number of hydrogen-bond donors (Lipinski definition) is 1. The number of nitrogens with one attached hydrogen (secondary N) is 1. The highest BCUT2D eigenvalue weighted by atomic mass is 19.1. The average molecular weight is 355 g/mol. The van der Waals surface area contributed by atoms with Gasteiger partial charge in [-0.05, 0) is 24.3 Å². The van der Waals surface area contributed by atoms with E-state index in [1.807, 2.05) is 23.1 Å². The second kappa shape index (κ2) is 8.72. The van der Waals surface area contributed by atoms with Crippen LogP contribution in [0.15, 0.2) is 54.6 Å². The molecule has 26 heavy (non-hydrogen) atoms. The van der Waals surface area contributed by atoms with Crippen LogP contribution < -0.4 is 4.90 Å². The van der Waals surface area contributed by atoms with Crippen LogP contribution in [0.3, 0.4) is 0 Å². The Balaban J connectivity index is 1.42. The van der Waals surface area contributed by atoms with Crippen molar-refractivity contribution in [3.05, 3.63) is 71.5 Å². The molecule has 0 aromatic heterocycles. The number of Topliss-reactive ketones (excluding diaryl/α,β-unsaturated/α-hetero) is 1. The number of amides is 1. The summed E-state index contributed by atoms with van der Waals surface area (Å²) in [6, 6.07) is 15.8. The van der Waals surface area contributed by atoms with E-state index < -0.39 is 0 Å². The molecule has 0 radical (unpaired) electrons. The molecule has 1 aliphatic rings. The molecule has 0 spiro atoms. The molecule has 1 fully saturated rings. The lowest BCUT2D eigenvalue weighted by Gasteiger charge is -2.32. The molecule has 0 aliphatic carbocycles. The molecule has 1 saturated heterocycles. The number of ketones is 1. The highest BCUT2D eigenvalue weighted by Crippen LogP contribution is 2.09.